The Hall–Kier alpha value is -2.02. The van der Waals surface area contributed by atoms with Crippen LogP contribution in [0.1, 0.15) is 6.92 Å². The molecule has 7 heteroatoms. The monoisotopic (exact) mass is 245 g/mol. The lowest BCUT2D eigenvalue weighted by molar-refractivity contribution is 0.480. The fourth-order valence-corrected chi connectivity index (χ4v) is 2.15. The number of nitrogen functional groups attached to an aromatic ring is 1. The summed E-state index contributed by atoms with van der Waals surface area (Å²) in [6.07, 6.45) is 3.12. The molecule has 3 N–H and O–H groups in total. The van der Waals surface area contributed by atoms with Crippen LogP contribution in [-0.2, 0) is 0 Å². The van der Waals surface area contributed by atoms with E-state index in [2.05, 4.69) is 37.1 Å². The van der Waals surface area contributed by atoms with Gasteiger partial charge in [0, 0.05) is 25.7 Å². The normalized spacial score (nSPS) is 20.3. The first kappa shape index (κ1) is 11.1. The smallest absolute Gasteiger partial charge is 0.228 e. The number of hydrogen-bond acceptors (Lipinski definition) is 7. The molecule has 0 amide bonds. The summed E-state index contributed by atoms with van der Waals surface area (Å²) in [4.78, 5) is 19.0. The molecule has 0 radical (unpaired) electrons. The molecule has 0 spiro atoms. The van der Waals surface area contributed by atoms with Crippen LogP contribution in [-0.4, -0.2) is 45.6 Å². The Labute approximate surface area is 104 Å². The van der Waals surface area contributed by atoms with Crippen LogP contribution < -0.4 is 16.0 Å². The van der Waals surface area contributed by atoms with Gasteiger partial charge in [-0.15, -0.1) is 0 Å². The third kappa shape index (κ3) is 1.92. The van der Waals surface area contributed by atoms with Gasteiger partial charge in [-0.1, -0.05) is 0 Å². The highest BCUT2D eigenvalue weighted by atomic mass is 15.3. The number of aromatic nitrogens is 4. The van der Waals surface area contributed by atoms with Gasteiger partial charge in [-0.25, -0.2) is 15.0 Å². The molecule has 3 heterocycles. The zero-order chi connectivity index (χ0) is 12.5. The molecule has 2 aromatic heterocycles. The number of nitrogens with zero attached hydrogens (tertiary/aromatic N) is 5. The number of piperazine rings is 1. The second-order valence-electron chi connectivity index (χ2n) is 4.47. The molecule has 7 nitrogen and oxygen atoms in total. The molecule has 0 saturated carbocycles. The summed E-state index contributed by atoms with van der Waals surface area (Å²) in [6, 6.07) is 0.422. The van der Waals surface area contributed by atoms with E-state index in [0.29, 0.717) is 28.8 Å². The lowest BCUT2D eigenvalue weighted by Gasteiger charge is -2.31. The third-order valence-electron chi connectivity index (χ3n) is 3.03. The molecular formula is C11H15N7. The van der Waals surface area contributed by atoms with Gasteiger partial charge in [0.1, 0.15) is 17.4 Å². The highest BCUT2D eigenvalue weighted by Gasteiger charge is 2.19. The van der Waals surface area contributed by atoms with Crippen molar-refractivity contribution in [2.45, 2.75) is 13.0 Å². The highest BCUT2D eigenvalue weighted by molar-refractivity contribution is 5.84. The van der Waals surface area contributed by atoms with Crippen molar-refractivity contribution in [3.05, 3.63) is 12.5 Å². The molecule has 3 rings (SSSR count). The number of nitrogens with two attached hydrogens (primary N) is 1. The van der Waals surface area contributed by atoms with Crippen LogP contribution in [0.5, 0.6) is 0 Å². The van der Waals surface area contributed by atoms with Crippen LogP contribution in [0.4, 0.5) is 11.8 Å². The minimum Gasteiger partial charge on any atom is -0.382 e. The van der Waals surface area contributed by atoms with Gasteiger partial charge < -0.3 is 16.0 Å². The standard InChI is InChI=1S/C11H15N7/c1-7-5-18(3-2-14-7)11-16-8-4-13-6-15-9(8)10(12)17-11/h4,6-7,14H,2-3,5H2,1H3,(H2,12,16,17). The first-order valence-electron chi connectivity index (χ1n) is 5.95. The summed E-state index contributed by atoms with van der Waals surface area (Å²) in [5.41, 5.74) is 7.21. The molecule has 18 heavy (non-hydrogen) atoms. The second kappa shape index (κ2) is 4.34. The number of fused-ring (bicyclic) bond motifs is 1. The SMILES string of the molecule is CC1CN(c2nc(N)c3ncncc3n2)CCN1. The summed E-state index contributed by atoms with van der Waals surface area (Å²) < 4.78 is 0. The van der Waals surface area contributed by atoms with Crippen molar-refractivity contribution in [2.75, 3.05) is 30.3 Å². The first-order chi connectivity index (χ1) is 8.74. The maximum absolute atomic E-state index is 5.91. The lowest BCUT2D eigenvalue weighted by atomic mass is 10.2. The average Bonchev–Trinajstić information content (AvgIpc) is 2.39. The van der Waals surface area contributed by atoms with Crippen molar-refractivity contribution in [3.63, 3.8) is 0 Å². The Morgan fingerprint density at radius 2 is 2.33 bits per heavy atom. The van der Waals surface area contributed by atoms with Gasteiger partial charge >= 0.3 is 0 Å². The van der Waals surface area contributed by atoms with Gasteiger partial charge in [-0.05, 0) is 6.92 Å². The summed E-state index contributed by atoms with van der Waals surface area (Å²) in [6.45, 7) is 4.81. The van der Waals surface area contributed by atoms with Crippen molar-refractivity contribution in [3.8, 4) is 0 Å². The van der Waals surface area contributed by atoms with Gasteiger partial charge in [0.2, 0.25) is 5.95 Å². The Morgan fingerprint density at radius 1 is 1.44 bits per heavy atom. The van der Waals surface area contributed by atoms with Crippen molar-refractivity contribution >= 4 is 22.8 Å². The van der Waals surface area contributed by atoms with E-state index in [9.17, 15) is 0 Å². The van der Waals surface area contributed by atoms with Gasteiger partial charge in [0.05, 0.1) is 6.20 Å². The molecule has 1 aliphatic heterocycles. The quantitative estimate of drug-likeness (QED) is 0.718. The number of hydrogen-bond donors (Lipinski definition) is 2. The van der Waals surface area contributed by atoms with Crippen LogP contribution >= 0.6 is 0 Å². The van der Waals surface area contributed by atoms with Crippen molar-refractivity contribution in [1.29, 1.82) is 0 Å². The fourth-order valence-electron chi connectivity index (χ4n) is 2.15. The maximum Gasteiger partial charge on any atom is 0.228 e. The zero-order valence-corrected chi connectivity index (χ0v) is 10.2. The zero-order valence-electron chi connectivity index (χ0n) is 10.2. The summed E-state index contributed by atoms with van der Waals surface area (Å²) in [7, 11) is 0. The summed E-state index contributed by atoms with van der Waals surface area (Å²) in [5.74, 6) is 1.06. The van der Waals surface area contributed by atoms with Crippen LogP contribution in [0.25, 0.3) is 11.0 Å². The summed E-state index contributed by atoms with van der Waals surface area (Å²) in [5, 5.41) is 3.38. The molecule has 0 aliphatic carbocycles. The molecule has 0 aromatic carbocycles. The maximum atomic E-state index is 5.91. The van der Waals surface area contributed by atoms with Crippen molar-refractivity contribution in [2.24, 2.45) is 0 Å². The number of nitrogens with one attached hydrogen (secondary N) is 1. The Morgan fingerprint density at radius 3 is 3.17 bits per heavy atom. The predicted molar refractivity (Wildman–Crippen MR) is 69.2 cm³/mol. The van der Waals surface area contributed by atoms with Crippen LogP contribution in [0.3, 0.4) is 0 Å². The van der Waals surface area contributed by atoms with Gasteiger partial charge in [-0.2, -0.15) is 4.98 Å². The van der Waals surface area contributed by atoms with Crippen LogP contribution in [0.15, 0.2) is 12.5 Å². The average molecular weight is 245 g/mol. The van der Waals surface area contributed by atoms with E-state index in [4.69, 9.17) is 5.73 Å². The first-order valence-corrected chi connectivity index (χ1v) is 5.95. The molecule has 1 unspecified atom stereocenters. The molecule has 0 bridgehead atoms. The molecular weight excluding hydrogens is 230 g/mol. The second-order valence-corrected chi connectivity index (χ2v) is 4.47. The van der Waals surface area contributed by atoms with E-state index in [1.165, 1.54) is 6.33 Å². The van der Waals surface area contributed by atoms with E-state index >= 15 is 0 Å². The Kier molecular flexibility index (Phi) is 2.67. The van der Waals surface area contributed by atoms with Gasteiger partial charge in [0.25, 0.3) is 0 Å². The van der Waals surface area contributed by atoms with E-state index in [0.717, 1.165) is 19.6 Å². The van der Waals surface area contributed by atoms with E-state index in [1.807, 2.05) is 0 Å². The Bertz CT molecular complexity index is 570. The molecule has 1 aliphatic rings. The van der Waals surface area contributed by atoms with Crippen LogP contribution in [0, 0.1) is 0 Å². The largest absolute Gasteiger partial charge is 0.382 e. The van der Waals surface area contributed by atoms with E-state index < -0.39 is 0 Å². The molecule has 1 saturated heterocycles. The number of anilines is 2. The van der Waals surface area contributed by atoms with Gasteiger partial charge in [-0.3, -0.25) is 0 Å². The number of rotatable bonds is 1. The topological polar surface area (TPSA) is 92.9 Å². The summed E-state index contributed by atoms with van der Waals surface area (Å²) >= 11 is 0. The fraction of sp³-hybridized carbons (Fsp3) is 0.455. The van der Waals surface area contributed by atoms with Crippen LogP contribution in [0.2, 0.25) is 0 Å². The van der Waals surface area contributed by atoms with Crippen molar-refractivity contribution < 1.29 is 0 Å². The lowest BCUT2D eigenvalue weighted by Crippen LogP contribution is -2.49. The van der Waals surface area contributed by atoms with E-state index in [-0.39, 0.29) is 0 Å². The Balaban J connectivity index is 2.02. The molecule has 1 atom stereocenters. The van der Waals surface area contributed by atoms with Crippen molar-refractivity contribution in [1.82, 2.24) is 25.3 Å². The predicted octanol–water partition coefficient (Wildman–Crippen LogP) is -0.200. The molecule has 2 aromatic rings. The molecule has 94 valence electrons. The minimum absolute atomic E-state index is 0.406. The highest BCUT2D eigenvalue weighted by Crippen LogP contribution is 2.19. The van der Waals surface area contributed by atoms with Gasteiger partial charge in [0.15, 0.2) is 5.82 Å². The van der Waals surface area contributed by atoms with E-state index in [1.54, 1.807) is 6.20 Å². The molecule has 1 fully saturated rings. The minimum atomic E-state index is 0.406. The third-order valence-corrected chi connectivity index (χ3v) is 3.03.